The molecule has 0 N–H and O–H groups in total. The van der Waals surface area contributed by atoms with Crippen molar-refractivity contribution < 1.29 is 9.53 Å². The Bertz CT molecular complexity index is 403. The van der Waals surface area contributed by atoms with Crippen LogP contribution in [-0.2, 0) is 16.0 Å². The SMILES string of the molecule is COC(=O)CCN1CCN(CCc2ccccn2)CC1. The molecule has 110 valence electrons. The van der Waals surface area contributed by atoms with E-state index in [4.69, 9.17) is 0 Å². The molecule has 1 aliphatic heterocycles. The summed E-state index contributed by atoms with van der Waals surface area (Å²) < 4.78 is 4.67. The van der Waals surface area contributed by atoms with Crippen molar-refractivity contribution in [3.05, 3.63) is 30.1 Å². The summed E-state index contributed by atoms with van der Waals surface area (Å²) in [6.45, 7) is 6.04. The standard InChI is InChI=1S/C15H23N3O2/c1-20-15(19)6-9-18-12-10-17(11-13-18)8-5-14-4-2-3-7-16-14/h2-4,7H,5-6,8-13H2,1H3. The van der Waals surface area contributed by atoms with Gasteiger partial charge < -0.3 is 14.5 Å². The molecule has 0 spiro atoms. The van der Waals surface area contributed by atoms with Crippen molar-refractivity contribution in [1.82, 2.24) is 14.8 Å². The molecule has 2 rings (SSSR count). The van der Waals surface area contributed by atoms with E-state index in [1.54, 1.807) is 0 Å². The van der Waals surface area contributed by atoms with Crippen LogP contribution < -0.4 is 0 Å². The van der Waals surface area contributed by atoms with E-state index < -0.39 is 0 Å². The number of nitrogens with zero attached hydrogens (tertiary/aromatic N) is 3. The second-order valence-electron chi connectivity index (χ2n) is 5.08. The Morgan fingerprint density at radius 3 is 2.50 bits per heavy atom. The second kappa shape index (κ2) is 7.97. The fourth-order valence-electron chi connectivity index (χ4n) is 2.41. The number of ether oxygens (including phenoxy) is 1. The van der Waals surface area contributed by atoms with Gasteiger partial charge in [-0.15, -0.1) is 0 Å². The number of aromatic nitrogens is 1. The van der Waals surface area contributed by atoms with Crippen molar-refractivity contribution in [2.24, 2.45) is 0 Å². The summed E-state index contributed by atoms with van der Waals surface area (Å²) in [6.07, 6.45) is 3.34. The number of carbonyl (C=O) groups excluding carboxylic acids is 1. The zero-order valence-electron chi connectivity index (χ0n) is 12.1. The van der Waals surface area contributed by atoms with Crippen molar-refractivity contribution in [1.29, 1.82) is 0 Å². The molecule has 1 aromatic heterocycles. The monoisotopic (exact) mass is 277 g/mol. The van der Waals surface area contributed by atoms with Gasteiger partial charge in [0.15, 0.2) is 0 Å². The molecule has 20 heavy (non-hydrogen) atoms. The number of carbonyl (C=O) groups is 1. The fraction of sp³-hybridized carbons (Fsp3) is 0.600. The molecule has 0 saturated carbocycles. The summed E-state index contributed by atoms with van der Waals surface area (Å²) in [7, 11) is 1.44. The van der Waals surface area contributed by atoms with E-state index in [9.17, 15) is 4.79 Å². The van der Waals surface area contributed by atoms with Crippen LogP contribution in [0, 0.1) is 0 Å². The van der Waals surface area contributed by atoms with E-state index in [0.29, 0.717) is 6.42 Å². The molecule has 2 heterocycles. The van der Waals surface area contributed by atoms with E-state index in [1.807, 2.05) is 18.3 Å². The Kier molecular flexibility index (Phi) is 5.95. The molecule has 0 unspecified atom stereocenters. The molecule has 5 nitrogen and oxygen atoms in total. The quantitative estimate of drug-likeness (QED) is 0.720. The lowest BCUT2D eigenvalue weighted by Gasteiger charge is -2.34. The summed E-state index contributed by atoms with van der Waals surface area (Å²) in [5.74, 6) is -0.123. The van der Waals surface area contributed by atoms with E-state index >= 15 is 0 Å². The van der Waals surface area contributed by atoms with Crippen LogP contribution in [0.25, 0.3) is 0 Å². The van der Waals surface area contributed by atoms with Gasteiger partial charge in [-0.05, 0) is 12.1 Å². The highest BCUT2D eigenvalue weighted by Crippen LogP contribution is 2.05. The number of piperazine rings is 1. The maximum absolute atomic E-state index is 11.1. The molecular weight excluding hydrogens is 254 g/mol. The van der Waals surface area contributed by atoms with E-state index in [0.717, 1.165) is 51.4 Å². The van der Waals surface area contributed by atoms with Gasteiger partial charge in [0.25, 0.3) is 0 Å². The van der Waals surface area contributed by atoms with Crippen molar-refractivity contribution >= 4 is 5.97 Å². The first-order chi connectivity index (χ1) is 9.78. The Morgan fingerprint density at radius 1 is 1.20 bits per heavy atom. The maximum atomic E-state index is 11.1. The molecule has 1 saturated heterocycles. The molecule has 5 heteroatoms. The first-order valence-electron chi connectivity index (χ1n) is 7.19. The Balaban J connectivity index is 1.63. The molecule has 0 amide bonds. The molecular formula is C15H23N3O2. The zero-order valence-corrected chi connectivity index (χ0v) is 12.1. The summed E-state index contributed by atoms with van der Waals surface area (Å²) in [4.78, 5) is 20.2. The number of methoxy groups -OCH3 is 1. The van der Waals surface area contributed by atoms with E-state index in [1.165, 1.54) is 7.11 Å². The van der Waals surface area contributed by atoms with Gasteiger partial charge in [0.2, 0.25) is 0 Å². The third-order valence-corrected chi connectivity index (χ3v) is 3.74. The van der Waals surface area contributed by atoms with Gasteiger partial charge in [-0.25, -0.2) is 0 Å². The number of hydrogen-bond donors (Lipinski definition) is 0. The maximum Gasteiger partial charge on any atom is 0.306 e. The first-order valence-corrected chi connectivity index (χ1v) is 7.19. The lowest BCUT2D eigenvalue weighted by Crippen LogP contribution is -2.47. The van der Waals surface area contributed by atoms with Crippen molar-refractivity contribution in [3.63, 3.8) is 0 Å². The van der Waals surface area contributed by atoms with Crippen LogP contribution in [-0.4, -0.2) is 67.1 Å². The van der Waals surface area contributed by atoms with E-state index in [2.05, 4.69) is 25.6 Å². The van der Waals surface area contributed by atoms with Crippen LogP contribution >= 0.6 is 0 Å². The van der Waals surface area contributed by atoms with Crippen LogP contribution in [0.15, 0.2) is 24.4 Å². The first kappa shape index (κ1) is 14.9. The lowest BCUT2D eigenvalue weighted by molar-refractivity contribution is -0.141. The molecule has 0 aliphatic carbocycles. The minimum Gasteiger partial charge on any atom is -0.469 e. The predicted molar refractivity (Wildman–Crippen MR) is 77.5 cm³/mol. The minimum atomic E-state index is -0.123. The summed E-state index contributed by atoms with van der Waals surface area (Å²) >= 11 is 0. The number of esters is 1. The van der Waals surface area contributed by atoms with Gasteiger partial charge in [0.05, 0.1) is 13.5 Å². The summed E-state index contributed by atoms with van der Waals surface area (Å²) in [6, 6.07) is 6.06. The van der Waals surface area contributed by atoms with Crippen molar-refractivity contribution in [3.8, 4) is 0 Å². The fourth-order valence-corrected chi connectivity index (χ4v) is 2.41. The second-order valence-corrected chi connectivity index (χ2v) is 5.08. The molecule has 0 atom stereocenters. The van der Waals surface area contributed by atoms with Crippen molar-refractivity contribution in [2.75, 3.05) is 46.4 Å². The largest absolute Gasteiger partial charge is 0.469 e. The number of hydrogen-bond acceptors (Lipinski definition) is 5. The zero-order chi connectivity index (χ0) is 14.2. The molecule has 1 aliphatic rings. The Morgan fingerprint density at radius 2 is 1.90 bits per heavy atom. The van der Waals surface area contributed by atoms with Crippen molar-refractivity contribution in [2.45, 2.75) is 12.8 Å². The van der Waals surface area contributed by atoms with Gasteiger partial charge in [-0.3, -0.25) is 9.78 Å². The smallest absolute Gasteiger partial charge is 0.306 e. The average Bonchev–Trinajstić information content (AvgIpc) is 2.52. The molecule has 1 aromatic rings. The topological polar surface area (TPSA) is 45.7 Å². The highest BCUT2D eigenvalue weighted by atomic mass is 16.5. The Hall–Kier alpha value is -1.46. The average molecular weight is 277 g/mol. The summed E-state index contributed by atoms with van der Waals surface area (Å²) in [5, 5.41) is 0. The Labute approximate surface area is 120 Å². The lowest BCUT2D eigenvalue weighted by atomic mass is 10.2. The van der Waals surface area contributed by atoms with Gasteiger partial charge in [-0.2, -0.15) is 0 Å². The van der Waals surface area contributed by atoms with Gasteiger partial charge in [0.1, 0.15) is 0 Å². The number of rotatable bonds is 6. The van der Waals surface area contributed by atoms with E-state index in [-0.39, 0.29) is 5.97 Å². The van der Waals surface area contributed by atoms with Gasteiger partial charge in [0, 0.05) is 57.6 Å². The third-order valence-electron chi connectivity index (χ3n) is 3.74. The molecule has 0 radical (unpaired) electrons. The number of pyridine rings is 1. The highest BCUT2D eigenvalue weighted by molar-refractivity contribution is 5.69. The van der Waals surface area contributed by atoms with Crippen LogP contribution in [0.5, 0.6) is 0 Å². The molecule has 0 aromatic carbocycles. The van der Waals surface area contributed by atoms with Gasteiger partial charge >= 0.3 is 5.97 Å². The third kappa shape index (κ3) is 4.90. The molecule has 0 bridgehead atoms. The predicted octanol–water partition coefficient (Wildman–Crippen LogP) is 0.805. The molecule has 1 fully saturated rings. The van der Waals surface area contributed by atoms with Crippen LogP contribution in [0.4, 0.5) is 0 Å². The highest BCUT2D eigenvalue weighted by Gasteiger charge is 2.17. The minimum absolute atomic E-state index is 0.123. The van der Waals surface area contributed by atoms with Crippen LogP contribution in [0.1, 0.15) is 12.1 Å². The van der Waals surface area contributed by atoms with Gasteiger partial charge in [-0.1, -0.05) is 6.07 Å². The van der Waals surface area contributed by atoms with Crippen LogP contribution in [0.3, 0.4) is 0 Å². The van der Waals surface area contributed by atoms with Crippen LogP contribution in [0.2, 0.25) is 0 Å². The normalized spacial score (nSPS) is 17.1. The summed E-state index contributed by atoms with van der Waals surface area (Å²) in [5.41, 5.74) is 1.15.